The molecule has 38 heavy (non-hydrogen) atoms. The first kappa shape index (κ1) is 30.1. The number of methoxy groups -OCH3 is 1. The predicted octanol–water partition coefficient (Wildman–Crippen LogP) is 5.02. The second-order valence-electron chi connectivity index (χ2n) is 9.57. The van der Waals surface area contributed by atoms with E-state index in [0.717, 1.165) is 41.8 Å². The Bertz CT molecular complexity index is 1220. The summed E-state index contributed by atoms with van der Waals surface area (Å²) in [4.78, 5) is 28.1. The Kier molecular flexibility index (Phi) is 10.7. The Labute approximate surface area is 235 Å². The third-order valence-electron chi connectivity index (χ3n) is 6.71. The van der Waals surface area contributed by atoms with Crippen molar-refractivity contribution in [2.24, 2.45) is 0 Å². The van der Waals surface area contributed by atoms with Crippen LogP contribution in [0.3, 0.4) is 0 Å². The molecular weight excluding hydrogens is 549 g/mol. The summed E-state index contributed by atoms with van der Waals surface area (Å²) in [5, 5.41) is 3.67. The molecule has 0 aromatic heterocycles. The van der Waals surface area contributed by atoms with Crippen LogP contribution in [0.1, 0.15) is 51.0 Å². The summed E-state index contributed by atoms with van der Waals surface area (Å²) >= 11 is 12.3. The maximum absolute atomic E-state index is 13.4. The van der Waals surface area contributed by atoms with Crippen molar-refractivity contribution in [1.29, 1.82) is 0 Å². The molecule has 1 unspecified atom stereocenters. The molecule has 0 radical (unpaired) electrons. The van der Waals surface area contributed by atoms with E-state index in [-0.39, 0.29) is 54.5 Å². The fraction of sp³-hybridized carbons (Fsp3) is 0.481. The van der Waals surface area contributed by atoms with Crippen LogP contribution >= 0.6 is 23.2 Å². The zero-order chi connectivity index (χ0) is 27.9. The first-order valence-electron chi connectivity index (χ1n) is 12.6. The van der Waals surface area contributed by atoms with Crippen LogP contribution in [0.25, 0.3) is 0 Å². The van der Waals surface area contributed by atoms with Gasteiger partial charge in [0.25, 0.3) is 0 Å². The van der Waals surface area contributed by atoms with E-state index >= 15 is 0 Å². The number of rotatable bonds is 12. The number of nitrogens with zero attached hydrogens (tertiary/aromatic N) is 2. The number of sulfonamides is 1. The average Bonchev–Trinajstić information content (AvgIpc) is 3.39. The van der Waals surface area contributed by atoms with E-state index in [1.54, 1.807) is 37.1 Å². The highest BCUT2D eigenvalue weighted by molar-refractivity contribution is 7.92. The van der Waals surface area contributed by atoms with Crippen molar-refractivity contribution in [3.63, 3.8) is 0 Å². The molecule has 2 aromatic carbocycles. The fourth-order valence-electron chi connectivity index (χ4n) is 4.56. The molecule has 0 bridgehead atoms. The van der Waals surface area contributed by atoms with E-state index in [9.17, 15) is 18.0 Å². The number of hydrogen-bond acceptors (Lipinski definition) is 5. The van der Waals surface area contributed by atoms with Crippen LogP contribution in [-0.2, 0) is 26.2 Å². The van der Waals surface area contributed by atoms with Crippen LogP contribution in [0, 0.1) is 0 Å². The third-order valence-corrected chi connectivity index (χ3v) is 8.44. The van der Waals surface area contributed by atoms with E-state index in [2.05, 4.69) is 5.32 Å². The minimum absolute atomic E-state index is 0.0314. The van der Waals surface area contributed by atoms with Gasteiger partial charge in [0.05, 0.1) is 24.1 Å². The first-order chi connectivity index (χ1) is 18.0. The highest BCUT2D eigenvalue weighted by Gasteiger charge is 2.29. The summed E-state index contributed by atoms with van der Waals surface area (Å²) in [7, 11) is -2.10. The van der Waals surface area contributed by atoms with Gasteiger partial charge in [0.1, 0.15) is 11.8 Å². The van der Waals surface area contributed by atoms with Crippen molar-refractivity contribution in [3.8, 4) is 5.75 Å². The van der Waals surface area contributed by atoms with E-state index in [0.29, 0.717) is 10.8 Å². The molecule has 1 fully saturated rings. The molecule has 0 heterocycles. The van der Waals surface area contributed by atoms with Gasteiger partial charge in [-0.25, -0.2) is 8.42 Å². The molecular formula is C27H35Cl2N3O5S. The summed E-state index contributed by atoms with van der Waals surface area (Å²) in [5.74, 6) is 0.252. The van der Waals surface area contributed by atoms with Crippen LogP contribution in [0.15, 0.2) is 42.5 Å². The summed E-state index contributed by atoms with van der Waals surface area (Å²) in [6, 6.07) is 11.3. The van der Waals surface area contributed by atoms with Gasteiger partial charge in [0, 0.05) is 30.6 Å². The number of benzene rings is 2. The first-order valence-corrected chi connectivity index (χ1v) is 15.3. The lowest BCUT2D eigenvalue weighted by molar-refractivity contribution is -0.141. The molecule has 1 N–H and O–H groups in total. The van der Waals surface area contributed by atoms with Crippen molar-refractivity contribution in [3.05, 3.63) is 58.1 Å². The normalized spacial score (nSPS) is 14.7. The second kappa shape index (κ2) is 13.5. The van der Waals surface area contributed by atoms with E-state index in [1.807, 2.05) is 12.1 Å². The van der Waals surface area contributed by atoms with Crippen molar-refractivity contribution in [2.75, 3.05) is 24.2 Å². The molecule has 1 atom stereocenters. The van der Waals surface area contributed by atoms with Gasteiger partial charge in [-0.15, -0.1) is 0 Å². The van der Waals surface area contributed by atoms with Gasteiger partial charge in [-0.3, -0.25) is 13.9 Å². The molecule has 1 aliphatic rings. The van der Waals surface area contributed by atoms with Gasteiger partial charge < -0.3 is 15.0 Å². The van der Waals surface area contributed by atoms with E-state index < -0.39 is 16.1 Å². The van der Waals surface area contributed by atoms with Crippen LogP contribution in [0.4, 0.5) is 5.69 Å². The fourth-order valence-corrected chi connectivity index (χ4v) is 5.97. The lowest BCUT2D eigenvalue weighted by atomic mass is 10.1. The number of carbonyl (C=O) groups is 2. The predicted molar refractivity (Wildman–Crippen MR) is 151 cm³/mol. The summed E-state index contributed by atoms with van der Waals surface area (Å²) < 4.78 is 31.4. The zero-order valence-corrected chi connectivity index (χ0v) is 24.3. The summed E-state index contributed by atoms with van der Waals surface area (Å²) in [5.41, 5.74) is 1.11. The quantitative estimate of drug-likeness (QED) is 0.378. The highest BCUT2D eigenvalue weighted by atomic mass is 35.5. The number of amides is 2. The Morgan fingerprint density at radius 1 is 1.11 bits per heavy atom. The van der Waals surface area contributed by atoms with Crippen molar-refractivity contribution in [2.45, 2.75) is 64.1 Å². The van der Waals surface area contributed by atoms with Crippen LogP contribution < -0.4 is 14.4 Å². The minimum Gasteiger partial charge on any atom is -0.497 e. The monoisotopic (exact) mass is 583 g/mol. The molecule has 3 rings (SSSR count). The Hall–Kier alpha value is -2.49. The van der Waals surface area contributed by atoms with Crippen molar-refractivity contribution < 1.29 is 22.7 Å². The van der Waals surface area contributed by atoms with Gasteiger partial charge >= 0.3 is 0 Å². The number of carbonyl (C=O) groups excluding carboxylic acids is 2. The molecule has 1 aliphatic carbocycles. The maximum atomic E-state index is 13.4. The molecule has 2 amide bonds. The maximum Gasteiger partial charge on any atom is 0.242 e. The zero-order valence-electron chi connectivity index (χ0n) is 22.0. The largest absolute Gasteiger partial charge is 0.497 e. The molecule has 0 spiro atoms. The van der Waals surface area contributed by atoms with Crippen molar-refractivity contribution in [1.82, 2.24) is 10.2 Å². The van der Waals surface area contributed by atoms with Gasteiger partial charge in [0.2, 0.25) is 21.8 Å². The van der Waals surface area contributed by atoms with Crippen molar-refractivity contribution >= 4 is 50.7 Å². The Morgan fingerprint density at radius 3 is 2.37 bits per heavy atom. The summed E-state index contributed by atoms with van der Waals surface area (Å²) in [6.07, 6.45) is 5.41. The smallest absolute Gasteiger partial charge is 0.242 e. The molecule has 11 heteroatoms. The second-order valence-corrected chi connectivity index (χ2v) is 12.3. The van der Waals surface area contributed by atoms with E-state index in [1.165, 1.54) is 12.1 Å². The Morgan fingerprint density at radius 2 is 1.76 bits per heavy atom. The highest BCUT2D eigenvalue weighted by Crippen LogP contribution is 2.31. The van der Waals surface area contributed by atoms with Gasteiger partial charge in [-0.2, -0.15) is 0 Å². The van der Waals surface area contributed by atoms with Gasteiger partial charge in [0.15, 0.2) is 0 Å². The molecule has 0 saturated heterocycles. The van der Waals surface area contributed by atoms with E-state index in [4.69, 9.17) is 27.9 Å². The molecule has 2 aromatic rings. The molecule has 208 valence electrons. The lowest BCUT2D eigenvalue weighted by Gasteiger charge is -2.30. The third kappa shape index (κ3) is 8.25. The number of nitrogens with one attached hydrogen (secondary N) is 1. The molecule has 1 saturated carbocycles. The number of halogens is 2. The average molecular weight is 585 g/mol. The van der Waals surface area contributed by atoms with Crippen LogP contribution in [0.2, 0.25) is 10.0 Å². The SMILES string of the molecule is COc1ccc(CN(C(=O)CCCN(c2cc(Cl)ccc2Cl)S(C)(=O)=O)C(C)C(=O)NC2CCCC2)cc1. The topological polar surface area (TPSA) is 96.0 Å². The number of hydrogen-bond donors (Lipinski definition) is 1. The van der Waals surface area contributed by atoms with Gasteiger partial charge in [-0.05, 0) is 62.1 Å². The standard InChI is InChI=1S/C27H35Cl2N3O5S/c1-19(27(34)30-22-7-4-5-8-22)31(18-20-10-13-23(37-2)14-11-20)26(33)9-6-16-32(38(3,35)36)25-17-21(28)12-15-24(25)29/h10-15,17,19,22H,4-9,16,18H2,1-3H3,(H,30,34). The number of ether oxygens (including phenoxy) is 1. The summed E-state index contributed by atoms with van der Waals surface area (Å²) in [6.45, 7) is 1.99. The molecule has 8 nitrogen and oxygen atoms in total. The van der Waals surface area contributed by atoms with Crippen LogP contribution in [-0.4, -0.2) is 57.1 Å². The van der Waals surface area contributed by atoms with Crippen LogP contribution in [0.5, 0.6) is 5.75 Å². The minimum atomic E-state index is -3.68. The lowest BCUT2D eigenvalue weighted by Crippen LogP contribution is -2.49. The van der Waals surface area contributed by atoms with Gasteiger partial charge in [-0.1, -0.05) is 48.2 Å². The Balaban J connectivity index is 1.74. The molecule has 0 aliphatic heterocycles. The number of anilines is 1.